The number of phenolic OH excluding ortho intramolecular Hbond substituents is 1. The molecule has 4 atom stereocenters. The highest BCUT2D eigenvalue weighted by molar-refractivity contribution is 6.03. The minimum atomic E-state index is -0.909. The topological polar surface area (TPSA) is 84.6 Å². The van der Waals surface area contributed by atoms with Crippen LogP contribution in [0.4, 0.5) is 14.5 Å². The van der Waals surface area contributed by atoms with Gasteiger partial charge in [-0.25, -0.2) is 13.8 Å². The van der Waals surface area contributed by atoms with Crippen LogP contribution >= 0.6 is 0 Å². The van der Waals surface area contributed by atoms with Crippen LogP contribution in [-0.2, 0) is 0 Å². The normalized spacial score (nSPS) is 26.7. The second-order valence-electron chi connectivity index (χ2n) is 12.7. The SMILES string of the molecule is N#Cc1c(OC[C@@]23CCCN2C[C@H](F)C3)nc2c(F)c(-c3cc(O)cc4ccccc34)ccc2c1N1CC2CCC(C1)N2. The maximum atomic E-state index is 16.8. The number of hydrogen-bond acceptors (Lipinski definition) is 7. The number of nitriles is 1. The van der Waals surface area contributed by atoms with Gasteiger partial charge in [0.2, 0.25) is 5.88 Å². The molecule has 0 spiro atoms. The number of fused-ring (bicyclic) bond motifs is 5. The van der Waals surface area contributed by atoms with E-state index in [0.29, 0.717) is 65.9 Å². The van der Waals surface area contributed by atoms with Crippen LogP contribution in [-0.4, -0.2) is 71.6 Å². The molecule has 5 heterocycles. The number of phenols is 1. The predicted molar refractivity (Wildman–Crippen MR) is 162 cm³/mol. The van der Waals surface area contributed by atoms with Crippen LogP contribution < -0.4 is 15.0 Å². The molecule has 7 nitrogen and oxygen atoms in total. The van der Waals surface area contributed by atoms with Crippen molar-refractivity contribution in [3.63, 3.8) is 0 Å². The molecule has 2 bridgehead atoms. The highest BCUT2D eigenvalue weighted by Crippen LogP contribution is 2.44. The van der Waals surface area contributed by atoms with Crippen molar-refractivity contribution in [3.05, 3.63) is 59.9 Å². The van der Waals surface area contributed by atoms with E-state index in [1.54, 1.807) is 18.2 Å². The summed E-state index contributed by atoms with van der Waals surface area (Å²) in [6, 6.07) is 17.3. The largest absolute Gasteiger partial charge is 0.508 e. The Labute approximate surface area is 248 Å². The lowest BCUT2D eigenvalue weighted by Crippen LogP contribution is -2.51. The first-order chi connectivity index (χ1) is 20.9. The van der Waals surface area contributed by atoms with Crippen molar-refractivity contribution < 1.29 is 18.6 Å². The zero-order chi connectivity index (χ0) is 29.3. The maximum absolute atomic E-state index is 16.8. The molecule has 2 unspecified atom stereocenters. The summed E-state index contributed by atoms with van der Waals surface area (Å²) in [7, 11) is 0. The summed E-state index contributed by atoms with van der Waals surface area (Å²) in [6.07, 6.45) is 3.38. The van der Waals surface area contributed by atoms with E-state index >= 15 is 4.39 Å². The van der Waals surface area contributed by atoms with Crippen molar-refractivity contribution in [1.82, 2.24) is 15.2 Å². The zero-order valence-corrected chi connectivity index (χ0v) is 23.8. The summed E-state index contributed by atoms with van der Waals surface area (Å²) in [5.41, 5.74) is 1.49. The molecule has 4 fully saturated rings. The fourth-order valence-electron chi connectivity index (χ4n) is 8.15. The molecular weight excluding hydrogens is 548 g/mol. The van der Waals surface area contributed by atoms with E-state index in [0.717, 1.165) is 43.0 Å². The molecule has 0 saturated carbocycles. The third kappa shape index (κ3) is 4.30. The molecule has 2 N–H and O–H groups in total. The number of ether oxygens (including phenoxy) is 1. The Morgan fingerprint density at radius 1 is 1.07 bits per heavy atom. The average molecular weight is 582 g/mol. The van der Waals surface area contributed by atoms with Gasteiger partial charge in [-0.2, -0.15) is 5.26 Å². The summed E-state index contributed by atoms with van der Waals surface area (Å²) in [4.78, 5) is 9.04. The molecule has 4 aliphatic heterocycles. The lowest BCUT2D eigenvalue weighted by Gasteiger charge is -2.36. The molecule has 4 aliphatic rings. The maximum Gasteiger partial charge on any atom is 0.234 e. The number of benzene rings is 3. The molecule has 4 saturated heterocycles. The van der Waals surface area contributed by atoms with Gasteiger partial charge in [0, 0.05) is 49.1 Å². The molecule has 1 aromatic heterocycles. The molecule has 9 heteroatoms. The monoisotopic (exact) mass is 581 g/mol. The zero-order valence-electron chi connectivity index (χ0n) is 23.8. The van der Waals surface area contributed by atoms with Crippen molar-refractivity contribution in [1.29, 1.82) is 5.26 Å². The van der Waals surface area contributed by atoms with Crippen LogP contribution in [0.5, 0.6) is 11.6 Å². The lowest BCUT2D eigenvalue weighted by molar-refractivity contribution is 0.110. The molecule has 8 rings (SSSR count). The summed E-state index contributed by atoms with van der Waals surface area (Å²) in [5.74, 6) is -0.395. The number of piperazine rings is 1. The number of anilines is 1. The summed E-state index contributed by atoms with van der Waals surface area (Å²) < 4.78 is 37.7. The highest BCUT2D eigenvalue weighted by atomic mass is 19.1. The van der Waals surface area contributed by atoms with Crippen molar-refractivity contribution in [2.45, 2.75) is 55.9 Å². The number of aromatic hydroxyl groups is 1. The van der Waals surface area contributed by atoms with E-state index in [9.17, 15) is 14.8 Å². The highest BCUT2D eigenvalue weighted by Gasteiger charge is 2.49. The van der Waals surface area contributed by atoms with Crippen molar-refractivity contribution in [2.75, 3.05) is 37.7 Å². The Balaban J connectivity index is 1.30. The second kappa shape index (κ2) is 10.0. The van der Waals surface area contributed by atoms with Crippen molar-refractivity contribution in [2.24, 2.45) is 0 Å². The first kappa shape index (κ1) is 26.6. The van der Waals surface area contributed by atoms with Gasteiger partial charge in [-0.15, -0.1) is 0 Å². The van der Waals surface area contributed by atoms with Gasteiger partial charge in [0.25, 0.3) is 0 Å². The molecule has 4 aromatic rings. The fourth-order valence-corrected chi connectivity index (χ4v) is 8.15. The number of aromatic nitrogens is 1. The molecule has 0 amide bonds. The van der Waals surface area contributed by atoms with Gasteiger partial charge < -0.3 is 20.1 Å². The minimum Gasteiger partial charge on any atom is -0.508 e. The Morgan fingerprint density at radius 2 is 1.88 bits per heavy atom. The summed E-state index contributed by atoms with van der Waals surface area (Å²) in [5, 5.41) is 26.8. The van der Waals surface area contributed by atoms with E-state index in [1.807, 2.05) is 30.3 Å². The Bertz CT molecular complexity index is 1800. The fraction of sp³-hybridized carbons (Fsp3) is 0.412. The van der Waals surface area contributed by atoms with Crippen LogP contribution in [0.3, 0.4) is 0 Å². The van der Waals surface area contributed by atoms with Crippen LogP contribution in [0.2, 0.25) is 0 Å². The quantitative estimate of drug-likeness (QED) is 0.314. The predicted octanol–water partition coefficient (Wildman–Crippen LogP) is 5.67. The Hall–Kier alpha value is -4.00. The van der Waals surface area contributed by atoms with E-state index in [2.05, 4.69) is 21.2 Å². The second-order valence-corrected chi connectivity index (χ2v) is 12.7. The summed E-state index contributed by atoms with van der Waals surface area (Å²) in [6.45, 7) is 2.82. The summed E-state index contributed by atoms with van der Waals surface area (Å²) >= 11 is 0. The number of hydrogen-bond donors (Lipinski definition) is 2. The van der Waals surface area contributed by atoms with Gasteiger partial charge >= 0.3 is 0 Å². The number of nitrogens with zero attached hydrogens (tertiary/aromatic N) is 4. The minimum absolute atomic E-state index is 0.0464. The lowest BCUT2D eigenvalue weighted by atomic mass is 9.94. The van der Waals surface area contributed by atoms with Crippen LogP contribution in [0.25, 0.3) is 32.8 Å². The van der Waals surface area contributed by atoms with Gasteiger partial charge in [0.1, 0.15) is 35.7 Å². The number of alkyl halides is 1. The number of nitrogens with one attached hydrogen (secondary N) is 1. The average Bonchev–Trinajstić information content (AvgIpc) is 3.65. The van der Waals surface area contributed by atoms with Crippen LogP contribution in [0, 0.1) is 17.1 Å². The standard InChI is InChI=1S/C34H33F2N5O2/c35-21-14-34(10-3-11-41(34)16-21)19-43-33-29(15-37)32(40-17-22-6-7-23(18-40)38-22)27-9-8-26(30(36)31(27)39-33)28-13-24(42)12-20-4-1-2-5-25(20)28/h1-2,4-5,8-9,12-13,21-23,38,42H,3,6-7,10-11,14,16-19H2/t21-,22?,23?,34+/m1/s1. The number of pyridine rings is 1. The molecule has 43 heavy (non-hydrogen) atoms. The van der Waals surface area contributed by atoms with Gasteiger partial charge in [0.15, 0.2) is 5.82 Å². The smallest absolute Gasteiger partial charge is 0.234 e. The number of halogens is 2. The Morgan fingerprint density at radius 3 is 2.70 bits per heavy atom. The molecule has 0 aliphatic carbocycles. The molecular formula is C34H33F2N5O2. The third-order valence-electron chi connectivity index (χ3n) is 10.1. The van der Waals surface area contributed by atoms with Crippen molar-refractivity contribution >= 4 is 27.4 Å². The van der Waals surface area contributed by atoms with Gasteiger partial charge in [-0.05, 0) is 66.8 Å². The molecule has 220 valence electrons. The van der Waals surface area contributed by atoms with Crippen LogP contribution in [0.15, 0.2) is 48.5 Å². The Kier molecular flexibility index (Phi) is 6.21. The van der Waals surface area contributed by atoms with Gasteiger partial charge in [-0.1, -0.05) is 30.3 Å². The van der Waals surface area contributed by atoms with Gasteiger partial charge in [0.05, 0.1) is 11.2 Å². The van der Waals surface area contributed by atoms with E-state index < -0.39 is 17.5 Å². The van der Waals surface area contributed by atoms with E-state index in [4.69, 9.17) is 9.72 Å². The van der Waals surface area contributed by atoms with Gasteiger partial charge in [-0.3, -0.25) is 4.90 Å². The number of rotatable bonds is 5. The first-order valence-corrected chi connectivity index (χ1v) is 15.2. The van der Waals surface area contributed by atoms with Crippen LogP contribution in [0.1, 0.15) is 37.7 Å². The third-order valence-corrected chi connectivity index (χ3v) is 10.1. The van der Waals surface area contributed by atoms with E-state index in [-0.39, 0.29) is 23.8 Å². The first-order valence-electron chi connectivity index (χ1n) is 15.2. The van der Waals surface area contributed by atoms with Crippen molar-refractivity contribution in [3.8, 4) is 28.8 Å². The van der Waals surface area contributed by atoms with E-state index in [1.165, 1.54) is 0 Å². The molecule has 3 aromatic carbocycles. The molecule has 0 radical (unpaired) electrons.